The number of fused-ring (bicyclic) bond motifs is 1. The molecule has 0 fully saturated rings. The number of esters is 1. The molecule has 3 rings (SSSR count). The zero-order chi connectivity index (χ0) is 21.9. The Balaban J connectivity index is 2.05. The number of hydrogen-bond acceptors (Lipinski definition) is 8. The van der Waals surface area contributed by atoms with Crippen LogP contribution >= 0.6 is 11.8 Å². The Morgan fingerprint density at radius 2 is 1.87 bits per heavy atom. The van der Waals surface area contributed by atoms with E-state index in [9.17, 15) is 18.0 Å². The highest BCUT2D eigenvalue weighted by Crippen LogP contribution is 2.35. The highest BCUT2D eigenvalue weighted by atomic mass is 32.2. The summed E-state index contributed by atoms with van der Waals surface area (Å²) in [6.45, 7) is 1.85. The van der Waals surface area contributed by atoms with Crippen LogP contribution < -0.4 is 9.47 Å². The number of carbonyl (C=O) groups excluding carboxylic acids is 1. The van der Waals surface area contributed by atoms with Crippen LogP contribution in [0.1, 0.15) is 12.6 Å². The summed E-state index contributed by atoms with van der Waals surface area (Å²) in [7, 11) is 2.88. The van der Waals surface area contributed by atoms with Gasteiger partial charge in [-0.2, -0.15) is 22.7 Å². The molecule has 0 atom stereocenters. The van der Waals surface area contributed by atoms with E-state index in [1.807, 2.05) is 0 Å². The van der Waals surface area contributed by atoms with E-state index < -0.39 is 17.8 Å². The number of ether oxygens (including phenoxy) is 3. The van der Waals surface area contributed by atoms with Crippen LogP contribution in [0.4, 0.5) is 13.2 Å². The van der Waals surface area contributed by atoms with Gasteiger partial charge >= 0.3 is 12.1 Å². The van der Waals surface area contributed by atoms with Gasteiger partial charge in [0.05, 0.1) is 32.3 Å². The summed E-state index contributed by atoms with van der Waals surface area (Å²) in [6.07, 6.45) is -4.71. The van der Waals surface area contributed by atoms with Gasteiger partial charge in [0.1, 0.15) is 0 Å². The van der Waals surface area contributed by atoms with Crippen LogP contribution in [0.15, 0.2) is 29.4 Å². The average molecular weight is 442 g/mol. The van der Waals surface area contributed by atoms with Crippen LogP contribution in [0, 0.1) is 0 Å². The van der Waals surface area contributed by atoms with E-state index in [1.54, 1.807) is 19.1 Å². The van der Waals surface area contributed by atoms with Crippen molar-refractivity contribution in [2.75, 3.05) is 26.6 Å². The second-order valence-electron chi connectivity index (χ2n) is 5.79. The number of alkyl halides is 3. The largest absolute Gasteiger partial charge is 0.493 e. The Bertz CT molecular complexity index is 1070. The summed E-state index contributed by atoms with van der Waals surface area (Å²) >= 11 is 0.865. The van der Waals surface area contributed by atoms with Crippen LogP contribution in [0.2, 0.25) is 0 Å². The minimum Gasteiger partial charge on any atom is -0.493 e. The lowest BCUT2D eigenvalue weighted by atomic mass is 10.1. The molecule has 30 heavy (non-hydrogen) atoms. The maximum atomic E-state index is 13.7. The van der Waals surface area contributed by atoms with Gasteiger partial charge in [-0.1, -0.05) is 11.8 Å². The molecule has 0 bridgehead atoms. The number of rotatable bonds is 7. The van der Waals surface area contributed by atoms with E-state index in [-0.39, 0.29) is 29.0 Å². The Hall–Kier alpha value is -3.02. The van der Waals surface area contributed by atoms with Gasteiger partial charge in [0.25, 0.3) is 5.78 Å². The van der Waals surface area contributed by atoms with Crippen molar-refractivity contribution in [2.24, 2.45) is 0 Å². The monoisotopic (exact) mass is 442 g/mol. The van der Waals surface area contributed by atoms with Gasteiger partial charge in [-0.25, -0.2) is 4.98 Å². The Kier molecular flexibility index (Phi) is 6.34. The van der Waals surface area contributed by atoms with Crippen LogP contribution in [-0.2, 0) is 15.7 Å². The fraction of sp³-hybridized carbons (Fsp3) is 0.333. The molecule has 0 aliphatic heterocycles. The first kappa shape index (κ1) is 21.7. The van der Waals surface area contributed by atoms with Gasteiger partial charge < -0.3 is 14.2 Å². The lowest BCUT2D eigenvalue weighted by Gasteiger charge is -2.12. The zero-order valence-corrected chi connectivity index (χ0v) is 17.0. The highest BCUT2D eigenvalue weighted by Gasteiger charge is 2.36. The number of nitrogens with zero attached hydrogens (tertiary/aromatic N) is 4. The first-order chi connectivity index (χ1) is 14.3. The normalized spacial score (nSPS) is 11.5. The molecular formula is C18H17F3N4O4S. The number of thioether (sulfide) groups is 1. The predicted molar refractivity (Wildman–Crippen MR) is 102 cm³/mol. The molecule has 160 valence electrons. The van der Waals surface area contributed by atoms with Crippen LogP contribution in [0.3, 0.4) is 0 Å². The molecule has 0 radical (unpaired) electrons. The van der Waals surface area contributed by atoms with E-state index in [1.165, 1.54) is 20.3 Å². The van der Waals surface area contributed by atoms with Crippen molar-refractivity contribution in [3.05, 3.63) is 30.0 Å². The van der Waals surface area contributed by atoms with E-state index in [2.05, 4.69) is 15.1 Å². The van der Waals surface area contributed by atoms with Crippen molar-refractivity contribution >= 4 is 23.5 Å². The summed E-state index contributed by atoms with van der Waals surface area (Å²) in [5, 5.41) is 3.82. The first-order valence-corrected chi connectivity index (χ1v) is 9.61. The standard InChI is InChI=1S/C18H17F3N4O4S/c1-4-29-15(26)9-30-17-23-16-22-11(8-14(18(19,20)21)25(16)24-17)10-5-6-12(27-2)13(7-10)28-3/h5-8H,4,9H2,1-3H3. The predicted octanol–water partition coefficient (Wildman–Crippen LogP) is 3.48. The van der Waals surface area contributed by atoms with Crippen LogP contribution in [0.5, 0.6) is 11.5 Å². The molecule has 2 aromatic heterocycles. The van der Waals surface area contributed by atoms with Crippen molar-refractivity contribution < 1.29 is 32.2 Å². The SMILES string of the molecule is CCOC(=O)CSc1nc2nc(-c3ccc(OC)c(OC)c3)cc(C(F)(F)F)n2n1. The summed E-state index contributed by atoms with van der Waals surface area (Å²) in [4.78, 5) is 19.7. The summed E-state index contributed by atoms with van der Waals surface area (Å²) < 4.78 is 56.7. The Morgan fingerprint density at radius 3 is 2.50 bits per heavy atom. The lowest BCUT2D eigenvalue weighted by Crippen LogP contribution is -2.14. The number of aromatic nitrogens is 4. The van der Waals surface area contributed by atoms with Gasteiger partial charge in [-0.15, -0.1) is 5.10 Å². The van der Waals surface area contributed by atoms with Gasteiger partial charge in [-0.3, -0.25) is 4.79 Å². The Morgan fingerprint density at radius 1 is 1.13 bits per heavy atom. The fourth-order valence-electron chi connectivity index (χ4n) is 2.58. The third-order valence-electron chi connectivity index (χ3n) is 3.89. The molecule has 3 aromatic rings. The molecule has 2 heterocycles. The van der Waals surface area contributed by atoms with Gasteiger partial charge in [-0.05, 0) is 31.2 Å². The van der Waals surface area contributed by atoms with Crippen molar-refractivity contribution in [3.8, 4) is 22.8 Å². The molecule has 0 N–H and O–H groups in total. The van der Waals surface area contributed by atoms with Crippen molar-refractivity contribution in [3.63, 3.8) is 0 Å². The van der Waals surface area contributed by atoms with Gasteiger partial charge in [0.15, 0.2) is 17.2 Å². The zero-order valence-electron chi connectivity index (χ0n) is 16.2. The summed E-state index contributed by atoms with van der Waals surface area (Å²) in [5.41, 5.74) is -0.637. The number of carbonyl (C=O) groups is 1. The van der Waals surface area contributed by atoms with E-state index in [0.29, 0.717) is 21.6 Å². The van der Waals surface area contributed by atoms with Gasteiger partial charge in [0, 0.05) is 5.56 Å². The lowest BCUT2D eigenvalue weighted by molar-refractivity contribution is -0.143. The van der Waals surface area contributed by atoms with Gasteiger partial charge in [0.2, 0.25) is 5.16 Å². The molecule has 1 aromatic carbocycles. The fourth-order valence-corrected chi connectivity index (χ4v) is 3.20. The molecule has 0 unspecified atom stereocenters. The molecule has 0 aliphatic rings. The van der Waals surface area contributed by atoms with Crippen molar-refractivity contribution in [1.82, 2.24) is 19.6 Å². The second kappa shape index (κ2) is 8.78. The maximum absolute atomic E-state index is 13.7. The minimum absolute atomic E-state index is 0.0227. The maximum Gasteiger partial charge on any atom is 0.433 e. The van der Waals surface area contributed by atoms with Crippen molar-refractivity contribution in [1.29, 1.82) is 0 Å². The smallest absolute Gasteiger partial charge is 0.433 e. The third kappa shape index (κ3) is 4.58. The molecule has 0 spiro atoms. The first-order valence-electron chi connectivity index (χ1n) is 8.62. The molecular weight excluding hydrogens is 425 g/mol. The summed E-state index contributed by atoms with van der Waals surface area (Å²) in [6, 6.07) is 5.53. The van der Waals surface area contributed by atoms with Crippen LogP contribution in [-0.4, -0.2) is 52.1 Å². The molecule has 0 saturated carbocycles. The molecule has 0 aliphatic carbocycles. The number of benzene rings is 1. The third-order valence-corrected chi connectivity index (χ3v) is 4.70. The molecule has 12 heteroatoms. The van der Waals surface area contributed by atoms with E-state index in [0.717, 1.165) is 17.8 Å². The van der Waals surface area contributed by atoms with E-state index in [4.69, 9.17) is 14.2 Å². The number of hydrogen-bond donors (Lipinski definition) is 0. The van der Waals surface area contributed by atoms with E-state index >= 15 is 0 Å². The Labute approximate surface area is 173 Å². The van der Waals surface area contributed by atoms with Crippen molar-refractivity contribution in [2.45, 2.75) is 18.3 Å². The number of halogens is 3. The summed E-state index contributed by atoms with van der Waals surface area (Å²) in [5.74, 6) is -0.123. The highest BCUT2D eigenvalue weighted by molar-refractivity contribution is 7.99. The second-order valence-corrected chi connectivity index (χ2v) is 6.74. The molecule has 0 amide bonds. The molecule has 8 nitrogen and oxygen atoms in total. The average Bonchev–Trinajstić information content (AvgIpc) is 3.13. The number of methoxy groups -OCH3 is 2. The topological polar surface area (TPSA) is 87.8 Å². The molecule has 0 saturated heterocycles. The quantitative estimate of drug-likeness (QED) is 0.406. The van der Waals surface area contributed by atoms with Crippen LogP contribution in [0.25, 0.3) is 17.0 Å². The minimum atomic E-state index is -4.71.